The zero-order chi connectivity index (χ0) is 30.6. The van der Waals surface area contributed by atoms with Gasteiger partial charge in [-0.3, -0.25) is 14.4 Å². The minimum atomic E-state index is -0.413. The number of hydrogen-bond donors (Lipinski definition) is 0. The van der Waals surface area contributed by atoms with Gasteiger partial charge in [0.25, 0.3) is 0 Å². The molecule has 44 heavy (non-hydrogen) atoms. The van der Waals surface area contributed by atoms with Crippen molar-refractivity contribution in [2.45, 2.75) is 32.1 Å². The third kappa shape index (κ3) is 9.43. The van der Waals surface area contributed by atoms with Gasteiger partial charge in [0.2, 0.25) is 0 Å². The molecule has 0 saturated heterocycles. The van der Waals surface area contributed by atoms with Gasteiger partial charge in [-0.25, -0.2) is 0 Å². The van der Waals surface area contributed by atoms with Gasteiger partial charge in [0.05, 0.1) is 19.3 Å². The molecule has 0 amide bonds. The van der Waals surface area contributed by atoms with Crippen LogP contribution in [0, 0.1) is 12.1 Å². The average molecular weight is 583 g/mol. The van der Waals surface area contributed by atoms with Crippen LogP contribution in [0.2, 0.25) is 0 Å². The third-order valence-electron chi connectivity index (χ3n) is 6.71. The summed E-state index contributed by atoms with van der Waals surface area (Å²) in [6, 6.07) is 42.0. The molecule has 0 bridgehead atoms. The summed E-state index contributed by atoms with van der Waals surface area (Å²) in [4.78, 5) is 37.7. The van der Waals surface area contributed by atoms with Crippen molar-refractivity contribution in [2.24, 2.45) is 0 Å². The summed E-state index contributed by atoms with van der Waals surface area (Å²) in [6.07, 6.45) is 1.63. The maximum absolute atomic E-state index is 12.7. The van der Waals surface area contributed by atoms with Crippen LogP contribution in [0.25, 0.3) is 0 Å². The van der Waals surface area contributed by atoms with Gasteiger partial charge in [-0.15, -0.1) is 0 Å². The summed E-state index contributed by atoms with van der Waals surface area (Å²) in [7, 11) is 0. The fourth-order valence-electron chi connectivity index (χ4n) is 4.59. The molecule has 0 radical (unpaired) electrons. The molecule has 0 saturated carbocycles. The minimum absolute atomic E-state index is 0.119. The molecule has 5 rings (SSSR count). The molecular formula is C38H30O6. The standard InChI is InChI=1S/C38H30O6/c39-36(24-29-10-4-1-5-11-29)42-33-20-18-28(19-21-33)16-17-32-22-34(43-37(40)25-30-12-6-2-7-13-30)27-35(23-32)44-38(41)26-31-14-8-3-9-15-31/h2-4,6-15,18-23,27H,16-17,24-26H2. The van der Waals surface area contributed by atoms with E-state index in [1.54, 1.807) is 48.5 Å². The summed E-state index contributed by atoms with van der Waals surface area (Å²) < 4.78 is 16.8. The van der Waals surface area contributed by atoms with Crippen LogP contribution >= 0.6 is 0 Å². The van der Waals surface area contributed by atoms with E-state index in [0.717, 1.165) is 27.8 Å². The first-order chi connectivity index (χ1) is 21.5. The van der Waals surface area contributed by atoms with Gasteiger partial charge in [-0.1, -0.05) is 84.9 Å². The molecule has 0 aliphatic heterocycles. The first kappa shape index (κ1) is 29.8. The molecule has 0 fully saturated rings. The number of benzene rings is 4. The Morgan fingerprint density at radius 2 is 0.955 bits per heavy atom. The van der Waals surface area contributed by atoms with Gasteiger partial charge >= 0.3 is 17.9 Å². The van der Waals surface area contributed by atoms with Crippen LogP contribution in [0.5, 0.6) is 17.2 Å². The third-order valence-corrected chi connectivity index (χ3v) is 6.71. The van der Waals surface area contributed by atoms with E-state index in [0.29, 0.717) is 30.1 Å². The Bertz CT molecular complexity index is 1610. The summed E-state index contributed by atoms with van der Waals surface area (Å²) in [5, 5.41) is 0. The number of carbonyl (C=O) groups excluding carboxylic acids is 3. The second-order valence-electron chi connectivity index (χ2n) is 10.2. The highest BCUT2D eigenvalue weighted by molar-refractivity contribution is 5.77. The van der Waals surface area contributed by atoms with E-state index in [1.165, 1.54) is 0 Å². The van der Waals surface area contributed by atoms with Crippen LogP contribution < -0.4 is 14.2 Å². The predicted octanol–water partition coefficient (Wildman–Crippen LogP) is 6.52. The van der Waals surface area contributed by atoms with Gasteiger partial charge in [-0.05, 0) is 83.1 Å². The van der Waals surface area contributed by atoms with E-state index in [-0.39, 0.29) is 25.2 Å². The molecule has 5 aromatic rings. The average Bonchev–Trinajstić information content (AvgIpc) is 3.02. The maximum Gasteiger partial charge on any atom is 0.315 e. The van der Waals surface area contributed by atoms with Crippen LogP contribution in [0.1, 0.15) is 27.8 Å². The van der Waals surface area contributed by atoms with Crippen molar-refractivity contribution in [3.8, 4) is 17.2 Å². The van der Waals surface area contributed by atoms with Crippen molar-refractivity contribution in [3.63, 3.8) is 0 Å². The highest BCUT2D eigenvalue weighted by Gasteiger charge is 2.13. The van der Waals surface area contributed by atoms with Gasteiger partial charge in [0.15, 0.2) is 0 Å². The van der Waals surface area contributed by atoms with Crippen LogP contribution in [0.3, 0.4) is 0 Å². The lowest BCUT2D eigenvalue weighted by molar-refractivity contribution is -0.134. The zero-order valence-electron chi connectivity index (χ0n) is 24.0. The second-order valence-corrected chi connectivity index (χ2v) is 10.2. The Morgan fingerprint density at radius 3 is 1.48 bits per heavy atom. The van der Waals surface area contributed by atoms with Gasteiger partial charge < -0.3 is 14.2 Å². The lowest BCUT2D eigenvalue weighted by Gasteiger charge is -2.12. The minimum Gasteiger partial charge on any atom is -0.426 e. The first-order valence-corrected chi connectivity index (χ1v) is 14.3. The number of hydrogen-bond acceptors (Lipinski definition) is 6. The normalized spacial score (nSPS) is 10.4. The van der Waals surface area contributed by atoms with E-state index in [9.17, 15) is 14.4 Å². The molecule has 0 heterocycles. The second kappa shape index (κ2) is 15.0. The van der Waals surface area contributed by atoms with Gasteiger partial charge in [0.1, 0.15) is 17.2 Å². The van der Waals surface area contributed by atoms with E-state index in [1.807, 2.05) is 72.8 Å². The van der Waals surface area contributed by atoms with Crippen molar-refractivity contribution >= 4 is 17.9 Å². The Hall–Kier alpha value is -5.67. The van der Waals surface area contributed by atoms with Gasteiger partial charge in [0, 0.05) is 6.07 Å². The number of rotatable bonds is 12. The highest BCUT2D eigenvalue weighted by Crippen LogP contribution is 2.26. The van der Waals surface area contributed by atoms with Gasteiger partial charge in [-0.2, -0.15) is 0 Å². The molecule has 0 atom stereocenters. The molecule has 0 aliphatic rings. The summed E-state index contributed by atoms with van der Waals surface area (Å²) in [6.45, 7) is 0. The molecule has 5 aromatic carbocycles. The van der Waals surface area contributed by atoms with Crippen molar-refractivity contribution < 1.29 is 28.6 Å². The molecule has 0 spiro atoms. The Labute approximate surface area is 256 Å². The van der Waals surface area contributed by atoms with Crippen LogP contribution in [-0.4, -0.2) is 17.9 Å². The maximum atomic E-state index is 12.7. The lowest BCUT2D eigenvalue weighted by atomic mass is 10.0. The van der Waals surface area contributed by atoms with Crippen LogP contribution in [-0.2, 0) is 46.5 Å². The highest BCUT2D eigenvalue weighted by atomic mass is 16.5. The van der Waals surface area contributed by atoms with E-state index >= 15 is 0 Å². The van der Waals surface area contributed by atoms with Crippen molar-refractivity contribution in [1.82, 2.24) is 0 Å². The summed E-state index contributed by atoms with van der Waals surface area (Å²) in [5.41, 5.74) is 4.35. The monoisotopic (exact) mass is 582 g/mol. The molecule has 0 N–H and O–H groups in total. The van der Waals surface area contributed by atoms with E-state index in [2.05, 4.69) is 12.1 Å². The van der Waals surface area contributed by atoms with Crippen molar-refractivity contribution in [3.05, 3.63) is 161 Å². The van der Waals surface area contributed by atoms with E-state index in [4.69, 9.17) is 14.2 Å². The fourth-order valence-corrected chi connectivity index (χ4v) is 4.59. The number of ether oxygens (including phenoxy) is 3. The summed E-state index contributed by atoms with van der Waals surface area (Å²) in [5.74, 6) is -0.104. The number of carbonyl (C=O) groups is 3. The molecule has 0 aromatic heterocycles. The zero-order valence-corrected chi connectivity index (χ0v) is 24.0. The first-order valence-electron chi connectivity index (χ1n) is 14.3. The molecule has 0 aliphatic carbocycles. The topological polar surface area (TPSA) is 78.9 Å². The molecule has 6 heteroatoms. The largest absolute Gasteiger partial charge is 0.426 e. The molecular weight excluding hydrogens is 552 g/mol. The van der Waals surface area contributed by atoms with Crippen molar-refractivity contribution in [1.29, 1.82) is 0 Å². The van der Waals surface area contributed by atoms with Crippen molar-refractivity contribution in [2.75, 3.05) is 0 Å². The summed E-state index contributed by atoms with van der Waals surface area (Å²) >= 11 is 0. The predicted molar refractivity (Wildman–Crippen MR) is 165 cm³/mol. The Balaban J connectivity index is 1.23. The van der Waals surface area contributed by atoms with Crippen LogP contribution in [0.4, 0.5) is 0 Å². The fraction of sp³-hybridized carbons (Fsp3) is 0.132. The Kier molecular flexibility index (Phi) is 10.2. The quantitative estimate of drug-likeness (QED) is 0.123. The Morgan fingerprint density at radius 1 is 0.455 bits per heavy atom. The number of esters is 3. The number of aryl methyl sites for hydroxylation is 2. The molecule has 6 nitrogen and oxygen atoms in total. The van der Waals surface area contributed by atoms with Crippen LogP contribution in [0.15, 0.2) is 121 Å². The SMILES string of the molecule is O=C(Cc1cc#ccc1)Oc1ccc(CCc2cc(OC(=O)Cc3ccccc3)cc(OC(=O)Cc3ccccc3)c2)cc1. The molecule has 0 unspecified atom stereocenters. The smallest absolute Gasteiger partial charge is 0.315 e. The van der Waals surface area contributed by atoms with E-state index < -0.39 is 11.9 Å². The lowest BCUT2D eigenvalue weighted by Crippen LogP contribution is -2.13. The molecule has 218 valence electrons.